The third-order valence-corrected chi connectivity index (χ3v) is 3.62. The van der Waals surface area contributed by atoms with Crippen LogP contribution in [0.3, 0.4) is 0 Å². The van der Waals surface area contributed by atoms with E-state index in [2.05, 4.69) is 4.99 Å². The highest BCUT2D eigenvalue weighted by Crippen LogP contribution is 2.16. The summed E-state index contributed by atoms with van der Waals surface area (Å²) in [5, 5.41) is 0.659. The Labute approximate surface area is 110 Å². The highest BCUT2D eigenvalue weighted by Gasteiger charge is 2.21. The van der Waals surface area contributed by atoms with Crippen molar-refractivity contribution in [1.82, 2.24) is 4.90 Å². The molecule has 0 saturated carbocycles. The van der Waals surface area contributed by atoms with Gasteiger partial charge in [0.15, 0.2) is 11.0 Å². The Balaban J connectivity index is 1.93. The van der Waals surface area contributed by atoms with Gasteiger partial charge in [-0.15, -0.1) is 0 Å². The van der Waals surface area contributed by atoms with E-state index in [-0.39, 0.29) is 11.7 Å². The van der Waals surface area contributed by atoms with Crippen LogP contribution in [0, 0.1) is 0 Å². The molecule has 1 amide bonds. The molecule has 94 valence electrons. The van der Waals surface area contributed by atoms with Gasteiger partial charge in [0.25, 0.3) is 0 Å². The van der Waals surface area contributed by atoms with Crippen LogP contribution < -0.4 is 0 Å². The fraction of sp³-hybridized carbons (Fsp3) is 0.308. The zero-order valence-electron chi connectivity index (χ0n) is 10.1. The summed E-state index contributed by atoms with van der Waals surface area (Å²) in [6.07, 6.45) is 0. The molecule has 1 aliphatic heterocycles. The standard InChI is InChI=1S/C13H14N2O2S/c1-10(16)15-8-7-14-13(15)18-9-12(17)11-5-3-2-4-6-11/h2-6H,7-9H2,1H3. The monoisotopic (exact) mass is 262 g/mol. The predicted octanol–water partition coefficient (Wildman–Crippen LogP) is 1.82. The molecule has 0 aliphatic carbocycles. The van der Waals surface area contributed by atoms with Crippen molar-refractivity contribution in [3.05, 3.63) is 35.9 Å². The Kier molecular flexibility index (Phi) is 4.15. The summed E-state index contributed by atoms with van der Waals surface area (Å²) in [5.41, 5.74) is 0.693. The number of rotatable bonds is 3. The zero-order chi connectivity index (χ0) is 13.0. The first-order valence-electron chi connectivity index (χ1n) is 5.72. The van der Waals surface area contributed by atoms with Crippen LogP contribution in [0.15, 0.2) is 35.3 Å². The molecule has 4 nitrogen and oxygen atoms in total. The lowest BCUT2D eigenvalue weighted by Crippen LogP contribution is -2.30. The number of amides is 1. The second-order valence-electron chi connectivity index (χ2n) is 3.91. The van der Waals surface area contributed by atoms with E-state index in [0.717, 1.165) is 0 Å². The smallest absolute Gasteiger partial charge is 0.225 e. The zero-order valence-corrected chi connectivity index (χ0v) is 10.9. The minimum atomic E-state index is -0.0223. The molecule has 1 heterocycles. The molecule has 0 bridgehead atoms. The molecule has 1 aromatic rings. The molecule has 0 N–H and O–H groups in total. The summed E-state index contributed by atoms with van der Waals surface area (Å²) < 4.78 is 0. The van der Waals surface area contributed by atoms with E-state index in [1.165, 1.54) is 18.7 Å². The summed E-state index contributed by atoms with van der Waals surface area (Å²) in [4.78, 5) is 29.1. The summed E-state index contributed by atoms with van der Waals surface area (Å²) in [6, 6.07) is 9.15. The van der Waals surface area contributed by atoms with E-state index < -0.39 is 0 Å². The van der Waals surface area contributed by atoms with Crippen LogP contribution >= 0.6 is 11.8 Å². The number of carbonyl (C=O) groups is 2. The van der Waals surface area contributed by atoms with Gasteiger partial charge in [-0.05, 0) is 0 Å². The molecule has 5 heteroatoms. The Bertz CT molecular complexity index is 485. The average molecular weight is 262 g/mol. The van der Waals surface area contributed by atoms with Crippen molar-refractivity contribution in [1.29, 1.82) is 0 Å². The van der Waals surface area contributed by atoms with Crippen molar-refractivity contribution in [2.24, 2.45) is 4.99 Å². The van der Waals surface area contributed by atoms with Gasteiger partial charge in [0.1, 0.15) is 0 Å². The van der Waals surface area contributed by atoms with Crippen molar-refractivity contribution < 1.29 is 9.59 Å². The first kappa shape index (κ1) is 12.8. The minimum absolute atomic E-state index is 0.0223. The maximum absolute atomic E-state index is 11.9. The fourth-order valence-electron chi connectivity index (χ4n) is 1.68. The molecule has 18 heavy (non-hydrogen) atoms. The first-order valence-corrected chi connectivity index (χ1v) is 6.70. The van der Waals surface area contributed by atoms with Gasteiger partial charge in [0.05, 0.1) is 12.3 Å². The molecule has 0 spiro atoms. The molecule has 2 rings (SSSR count). The van der Waals surface area contributed by atoms with Gasteiger partial charge in [0, 0.05) is 19.0 Å². The summed E-state index contributed by atoms with van der Waals surface area (Å²) in [6.45, 7) is 2.76. The fourth-order valence-corrected chi connectivity index (χ4v) is 2.66. The number of Topliss-reactive ketones (excluding diaryl/α,β-unsaturated/α-hetero) is 1. The first-order chi connectivity index (χ1) is 8.68. The normalized spacial score (nSPS) is 14.5. The lowest BCUT2D eigenvalue weighted by atomic mass is 10.2. The van der Waals surface area contributed by atoms with Crippen LogP contribution in [0.1, 0.15) is 17.3 Å². The molecule has 0 aromatic heterocycles. The minimum Gasteiger partial charge on any atom is -0.293 e. The molecular formula is C13H14N2O2S. The van der Waals surface area contributed by atoms with E-state index in [4.69, 9.17) is 0 Å². The van der Waals surface area contributed by atoms with Crippen molar-refractivity contribution in [2.45, 2.75) is 6.92 Å². The van der Waals surface area contributed by atoms with Crippen LogP contribution in [0.4, 0.5) is 0 Å². The lowest BCUT2D eigenvalue weighted by Gasteiger charge is -2.14. The van der Waals surface area contributed by atoms with E-state index >= 15 is 0 Å². The number of aliphatic imine (C=N–C) groups is 1. The number of ketones is 1. The van der Waals surface area contributed by atoms with Crippen LogP contribution in [0.5, 0.6) is 0 Å². The third-order valence-electron chi connectivity index (χ3n) is 2.61. The number of carbonyl (C=O) groups excluding carboxylic acids is 2. The highest BCUT2D eigenvalue weighted by molar-refractivity contribution is 8.14. The van der Waals surface area contributed by atoms with Gasteiger partial charge in [-0.25, -0.2) is 0 Å². The van der Waals surface area contributed by atoms with Crippen LogP contribution in [-0.2, 0) is 4.79 Å². The van der Waals surface area contributed by atoms with Crippen LogP contribution in [0.25, 0.3) is 0 Å². The van der Waals surface area contributed by atoms with Crippen molar-refractivity contribution in [3.8, 4) is 0 Å². The average Bonchev–Trinajstić information content (AvgIpc) is 2.85. The van der Waals surface area contributed by atoms with Gasteiger partial charge in [-0.3, -0.25) is 19.5 Å². The van der Waals surface area contributed by atoms with E-state index in [1.807, 2.05) is 18.2 Å². The molecule has 0 radical (unpaired) electrons. The van der Waals surface area contributed by atoms with Gasteiger partial charge < -0.3 is 0 Å². The predicted molar refractivity (Wildman–Crippen MR) is 72.9 cm³/mol. The number of nitrogens with zero attached hydrogens (tertiary/aromatic N) is 2. The quantitative estimate of drug-likeness (QED) is 0.781. The number of amidine groups is 1. The summed E-state index contributed by atoms with van der Waals surface area (Å²) >= 11 is 1.33. The van der Waals surface area contributed by atoms with Crippen LogP contribution in [0.2, 0.25) is 0 Å². The maximum Gasteiger partial charge on any atom is 0.225 e. The van der Waals surface area contributed by atoms with Gasteiger partial charge in [0.2, 0.25) is 5.91 Å². The summed E-state index contributed by atoms with van der Waals surface area (Å²) in [7, 11) is 0. The third kappa shape index (κ3) is 2.98. The molecular weight excluding hydrogens is 248 g/mol. The van der Waals surface area contributed by atoms with Crippen molar-refractivity contribution in [3.63, 3.8) is 0 Å². The van der Waals surface area contributed by atoms with Crippen molar-refractivity contribution in [2.75, 3.05) is 18.8 Å². The van der Waals surface area contributed by atoms with E-state index in [0.29, 0.717) is 29.6 Å². The lowest BCUT2D eigenvalue weighted by molar-refractivity contribution is -0.124. The molecule has 1 aliphatic rings. The molecule has 0 fully saturated rings. The van der Waals surface area contributed by atoms with Gasteiger partial charge in [-0.2, -0.15) is 0 Å². The Morgan fingerprint density at radius 1 is 1.33 bits per heavy atom. The summed E-state index contributed by atoms with van der Waals surface area (Å²) in [5.74, 6) is 0.344. The Morgan fingerprint density at radius 3 is 2.72 bits per heavy atom. The molecule has 0 atom stereocenters. The van der Waals surface area contributed by atoms with Gasteiger partial charge in [-0.1, -0.05) is 42.1 Å². The molecule has 0 unspecified atom stereocenters. The number of thioether (sulfide) groups is 1. The molecule has 1 aromatic carbocycles. The number of hydrogen-bond donors (Lipinski definition) is 0. The number of hydrogen-bond acceptors (Lipinski definition) is 4. The van der Waals surface area contributed by atoms with Crippen molar-refractivity contribution >= 4 is 28.6 Å². The maximum atomic E-state index is 11.9. The van der Waals surface area contributed by atoms with Crippen LogP contribution in [-0.4, -0.2) is 40.6 Å². The van der Waals surface area contributed by atoms with E-state index in [9.17, 15) is 9.59 Å². The second-order valence-corrected chi connectivity index (χ2v) is 4.86. The second kappa shape index (κ2) is 5.82. The number of benzene rings is 1. The van der Waals surface area contributed by atoms with Gasteiger partial charge >= 0.3 is 0 Å². The largest absolute Gasteiger partial charge is 0.293 e. The Morgan fingerprint density at radius 2 is 2.06 bits per heavy atom. The molecule has 0 saturated heterocycles. The highest BCUT2D eigenvalue weighted by atomic mass is 32.2. The Hall–Kier alpha value is -1.62. The van der Waals surface area contributed by atoms with E-state index in [1.54, 1.807) is 17.0 Å². The SMILES string of the molecule is CC(=O)N1CCN=C1SCC(=O)c1ccccc1. The topological polar surface area (TPSA) is 49.7 Å².